The summed E-state index contributed by atoms with van der Waals surface area (Å²) in [6, 6.07) is 0.248. The van der Waals surface area contributed by atoms with Crippen LogP contribution in [0.2, 0.25) is 0 Å². The van der Waals surface area contributed by atoms with Crippen molar-refractivity contribution in [3.8, 4) is 0 Å². The molecule has 0 unspecified atom stereocenters. The molecule has 0 rings (SSSR count). The highest BCUT2D eigenvalue weighted by Crippen LogP contribution is 1.97. The van der Waals surface area contributed by atoms with E-state index < -0.39 is 0 Å². The second-order valence-electron chi connectivity index (χ2n) is 1.95. The first-order valence-corrected chi connectivity index (χ1v) is 2.56. The molecule has 0 heterocycles. The Morgan fingerprint density at radius 2 is 2.00 bits per heavy atom. The van der Waals surface area contributed by atoms with E-state index in [0.717, 1.165) is 0 Å². The molecule has 0 radical (unpaired) electrons. The average Bonchev–Trinajstić information content (AvgIpc) is 1.65. The van der Waals surface area contributed by atoms with E-state index in [9.17, 15) is 0 Å². The molecule has 2 atom stereocenters. The lowest BCUT2D eigenvalue weighted by Gasteiger charge is -2.07. The van der Waals surface area contributed by atoms with Crippen molar-refractivity contribution in [1.82, 2.24) is 0 Å². The zero-order valence-corrected chi connectivity index (χ0v) is 5.02. The molecule has 0 saturated heterocycles. The molecule has 42 valence electrons. The molecule has 0 aliphatic rings. The Kier molecular flexibility index (Phi) is 2.68. The van der Waals surface area contributed by atoms with Gasteiger partial charge in [0.25, 0.3) is 0 Å². The van der Waals surface area contributed by atoms with Crippen molar-refractivity contribution < 1.29 is 0 Å². The van der Waals surface area contributed by atoms with Crippen LogP contribution in [0.1, 0.15) is 13.8 Å². The van der Waals surface area contributed by atoms with Crippen molar-refractivity contribution in [3.05, 3.63) is 12.7 Å². The van der Waals surface area contributed by atoms with Crippen LogP contribution in [0.5, 0.6) is 0 Å². The van der Waals surface area contributed by atoms with Crippen molar-refractivity contribution >= 4 is 0 Å². The van der Waals surface area contributed by atoms with Crippen LogP contribution in [0, 0.1) is 5.92 Å². The minimum absolute atomic E-state index is 0.248. The smallest absolute Gasteiger partial charge is 0.00706 e. The van der Waals surface area contributed by atoms with E-state index in [4.69, 9.17) is 5.73 Å². The molecule has 0 fully saturated rings. The first-order valence-electron chi connectivity index (χ1n) is 2.56. The van der Waals surface area contributed by atoms with Gasteiger partial charge in [-0.25, -0.2) is 0 Å². The molecule has 0 aliphatic carbocycles. The van der Waals surface area contributed by atoms with Gasteiger partial charge in [-0.2, -0.15) is 0 Å². The summed E-state index contributed by atoms with van der Waals surface area (Å²) in [6.45, 7) is 7.63. The molecule has 0 saturated carbocycles. The van der Waals surface area contributed by atoms with Gasteiger partial charge in [-0.05, 0) is 12.8 Å². The fourth-order valence-corrected chi connectivity index (χ4v) is 0.215. The summed E-state index contributed by atoms with van der Waals surface area (Å²) in [4.78, 5) is 0. The Morgan fingerprint density at radius 3 is 2.00 bits per heavy atom. The summed E-state index contributed by atoms with van der Waals surface area (Å²) in [6.07, 6.45) is 1.87. The predicted molar refractivity (Wildman–Crippen MR) is 33.0 cm³/mol. The average molecular weight is 99.2 g/mol. The van der Waals surface area contributed by atoms with Crippen molar-refractivity contribution in [2.24, 2.45) is 11.7 Å². The molecule has 0 aromatic carbocycles. The maximum Gasteiger partial charge on any atom is 0.00706 e. The van der Waals surface area contributed by atoms with Gasteiger partial charge < -0.3 is 5.73 Å². The highest BCUT2D eigenvalue weighted by molar-refractivity contribution is 4.80. The van der Waals surface area contributed by atoms with E-state index in [0.29, 0.717) is 5.92 Å². The maximum absolute atomic E-state index is 5.48. The Hall–Kier alpha value is -0.300. The number of hydrogen-bond donors (Lipinski definition) is 1. The molecule has 1 nitrogen and oxygen atoms in total. The van der Waals surface area contributed by atoms with Crippen molar-refractivity contribution in [3.63, 3.8) is 0 Å². The van der Waals surface area contributed by atoms with Crippen LogP contribution in [0.15, 0.2) is 12.7 Å². The van der Waals surface area contributed by atoms with Gasteiger partial charge in [-0.1, -0.05) is 13.0 Å². The molecule has 0 bridgehead atoms. The van der Waals surface area contributed by atoms with E-state index in [2.05, 4.69) is 13.5 Å². The summed E-state index contributed by atoms with van der Waals surface area (Å²) in [5.41, 5.74) is 5.48. The Balaban J connectivity index is 3.33. The molecule has 1 heteroatoms. The van der Waals surface area contributed by atoms with Crippen LogP contribution in [-0.2, 0) is 0 Å². The largest absolute Gasteiger partial charge is 0.327 e. The van der Waals surface area contributed by atoms with Crippen LogP contribution in [0.25, 0.3) is 0 Å². The van der Waals surface area contributed by atoms with Crippen molar-refractivity contribution in [1.29, 1.82) is 0 Å². The highest BCUT2D eigenvalue weighted by atomic mass is 14.6. The van der Waals surface area contributed by atoms with Gasteiger partial charge in [-0.3, -0.25) is 0 Å². The molecule has 0 aromatic rings. The molecule has 0 amide bonds. The van der Waals surface area contributed by atoms with Gasteiger partial charge in [0.05, 0.1) is 0 Å². The van der Waals surface area contributed by atoms with Crippen LogP contribution < -0.4 is 5.73 Å². The summed E-state index contributed by atoms with van der Waals surface area (Å²) in [5.74, 6) is 0.444. The third-order valence-electron chi connectivity index (χ3n) is 1.20. The third kappa shape index (κ3) is 2.40. The molecule has 0 spiro atoms. The Bertz CT molecular complexity index is 57.2. The van der Waals surface area contributed by atoms with E-state index >= 15 is 0 Å². The zero-order valence-electron chi connectivity index (χ0n) is 5.02. The number of nitrogens with two attached hydrogens (primary N) is 1. The summed E-state index contributed by atoms with van der Waals surface area (Å²) in [5, 5.41) is 0. The monoisotopic (exact) mass is 99.1 g/mol. The van der Waals surface area contributed by atoms with Gasteiger partial charge in [0.15, 0.2) is 0 Å². The minimum Gasteiger partial charge on any atom is -0.327 e. The molecular weight excluding hydrogens is 86.1 g/mol. The molecule has 0 aliphatic heterocycles. The van der Waals surface area contributed by atoms with Crippen LogP contribution in [0.4, 0.5) is 0 Å². The fourth-order valence-electron chi connectivity index (χ4n) is 0.215. The first-order chi connectivity index (χ1) is 3.18. The van der Waals surface area contributed by atoms with E-state index in [-0.39, 0.29) is 6.04 Å². The highest BCUT2D eigenvalue weighted by Gasteiger charge is 1.98. The molecule has 2 N–H and O–H groups in total. The van der Waals surface area contributed by atoms with Gasteiger partial charge >= 0.3 is 0 Å². The summed E-state index contributed by atoms with van der Waals surface area (Å²) in [7, 11) is 0. The topological polar surface area (TPSA) is 26.0 Å². The third-order valence-corrected chi connectivity index (χ3v) is 1.20. The van der Waals surface area contributed by atoms with E-state index in [1.165, 1.54) is 0 Å². The van der Waals surface area contributed by atoms with Gasteiger partial charge in [0.2, 0.25) is 0 Å². The second-order valence-corrected chi connectivity index (χ2v) is 1.95. The Labute approximate surface area is 45.2 Å². The lowest BCUT2D eigenvalue weighted by atomic mass is 10.1. The minimum atomic E-state index is 0.248. The van der Waals surface area contributed by atoms with Crippen LogP contribution >= 0.6 is 0 Å². The molecule has 7 heavy (non-hydrogen) atoms. The van der Waals surface area contributed by atoms with E-state index in [1.54, 1.807) is 0 Å². The normalized spacial score (nSPS) is 18.1. The van der Waals surface area contributed by atoms with Crippen molar-refractivity contribution in [2.75, 3.05) is 0 Å². The van der Waals surface area contributed by atoms with Crippen molar-refractivity contribution in [2.45, 2.75) is 19.9 Å². The second kappa shape index (κ2) is 2.80. The number of hydrogen-bond acceptors (Lipinski definition) is 1. The zero-order chi connectivity index (χ0) is 5.86. The maximum atomic E-state index is 5.48. The Morgan fingerprint density at radius 1 is 1.57 bits per heavy atom. The standard InChI is InChI=1S/C6H13N/c1-4-5(2)6(3)7/h4-6H,1,7H2,2-3H3/t5-,6-/m1/s1. The summed E-state index contributed by atoms with van der Waals surface area (Å²) < 4.78 is 0. The summed E-state index contributed by atoms with van der Waals surface area (Å²) >= 11 is 0. The van der Waals surface area contributed by atoms with Crippen LogP contribution in [0.3, 0.4) is 0 Å². The van der Waals surface area contributed by atoms with Gasteiger partial charge in [-0.15, -0.1) is 6.58 Å². The van der Waals surface area contributed by atoms with Gasteiger partial charge in [0, 0.05) is 6.04 Å². The lowest BCUT2D eigenvalue weighted by molar-refractivity contribution is 0.583. The molecular formula is C6H13N. The quantitative estimate of drug-likeness (QED) is 0.516. The van der Waals surface area contributed by atoms with Crippen LogP contribution in [-0.4, -0.2) is 6.04 Å². The fraction of sp³-hybridized carbons (Fsp3) is 0.667. The van der Waals surface area contributed by atoms with E-state index in [1.807, 2.05) is 13.0 Å². The lowest BCUT2D eigenvalue weighted by Crippen LogP contribution is -2.22. The SMILES string of the molecule is C=C[C@@H](C)[C@@H](C)N. The first kappa shape index (κ1) is 6.70. The van der Waals surface area contributed by atoms with Gasteiger partial charge in [0.1, 0.15) is 0 Å². The molecule has 0 aromatic heterocycles. The number of rotatable bonds is 2. The predicted octanol–water partition coefficient (Wildman–Crippen LogP) is 1.16.